The highest BCUT2D eigenvalue weighted by molar-refractivity contribution is 9.10. The van der Waals surface area contributed by atoms with Crippen LogP contribution < -0.4 is 9.47 Å². The molecule has 1 aliphatic heterocycles. The number of hydrogen-bond donors (Lipinski definition) is 0. The summed E-state index contributed by atoms with van der Waals surface area (Å²) in [6, 6.07) is 12.3. The van der Waals surface area contributed by atoms with E-state index in [-0.39, 0.29) is 29.2 Å². The zero-order valence-electron chi connectivity index (χ0n) is 15.6. The van der Waals surface area contributed by atoms with E-state index in [1.165, 1.54) is 7.11 Å². The normalized spacial score (nSPS) is 14.8. The summed E-state index contributed by atoms with van der Waals surface area (Å²) in [7, 11) is 1.49. The number of hydrogen-bond acceptors (Lipinski definition) is 6. The second-order valence-corrected chi connectivity index (χ2v) is 7.16. The fourth-order valence-corrected chi connectivity index (χ4v) is 2.86. The number of rotatable bonds is 5. The van der Waals surface area contributed by atoms with E-state index in [1.54, 1.807) is 44.2 Å². The Labute approximate surface area is 171 Å². The molecular weight excluding hydrogens is 426 g/mol. The lowest BCUT2D eigenvalue weighted by Crippen LogP contribution is -2.15. The second kappa shape index (κ2) is 8.39. The van der Waals surface area contributed by atoms with Crippen LogP contribution in [0.3, 0.4) is 0 Å². The molecule has 0 N–H and O–H groups in total. The zero-order valence-corrected chi connectivity index (χ0v) is 17.1. The summed E-state index contributed by atoms with van der Waals surface area (Å²) in [5.74, 6) is -0.295. The molecule has 6 nitrogen and oxygen atoms in total. The molecule has 0 fully saturated rings. The van der Waals surface area contributed by atoms with Crippen LogP contribution >= 0.6 is 15.9 Å². The van der Waals surface area contributed by atoms with E-state index in [0.29, 0.717) is 16.9 Å². The Bertz CT molecular complexity index is 994. The van der Waals surface area contributed by atoms with Crippen LogP contribution in [0.5, 0.6) is 11.5 Å². The van der Waals surface area contributed by atoms with Gasteiger partial charge in [-0.2, -0.15) is 0 Å². The molecule has 0 aliphatic carbocycles. The van der Waals surface area contributed by atoms with Crippen molar-refractivity contribution in [2.24, 2.45) is 10.9 Å². The van der Waals surface area contributed by atoms with Gasteiger partial charge in [0.2, 0.25) is 5.90 Å². The van der Waals surface area contributed by atoms with Crippen LogP contribution in [0.25, 0.3) is 6.08 Å². The fraction of sp³-hybridized carbons (Fsp3) is 0.190. The molecule has 7 heteroatoms. The molecular formula is C21H18BrNO5. The molecule has 0 bridgehead atoms. The molecule has 2 aromatic carbocycles. The highest BCUT2D eigenvalue weighted by Gasteiger charge is 2.25. The fourth-order valence-electron chi connectivity index (χ4n) is 2.41. The van der Waals surface area contributed by atoms with Gasteiger partial charge in [0.25, 0.3) is 0 Å². The average molecular weight is 444 g/mol. The molecule has 0 atom stereocenters. The van der Waals surface area contributed by atoms with Gasteiger partial charge in [0, 0.05) is 4.47 Å². The van der Waals surface area contributed by atoms with Gasteiger partial charge in [0.1, 0.15) is 0 Å². The number of cyclic esters (lactones) is 1. The molecule has 28 heavy (non-hydrogen) atoms. The SMILES string of the molecule is COc1ccc(C=C2N=C(c3ccccc3Br)OC2=O)cc1OC(=O)C(C)C. The van der Waals surface area contributed by atoms with E-state index in [2.05, 4.69) is 20.9 Å². The van der Waals surface area contributed by atoms with Crippen LogP contribution in [-0.4, -0.2) is 24.9 Å². The molecule has 0 saturated heterocycles. The Morgan fingerprint density at radius 2 is 1.93 bits per heavy atom. The van der Waals surface area contributed by atoms with Crippen molar-refractivity contribution in [1.82, 2.24) is 0 Å². The van der Waals surface area contributed by atoms with Crippen molar-refractivity contribution in [3.8, 4) is 11.5 Å². The lowest BCUT2D eigenvalue weighted by Gasteiger charge is -2.11. The maximum atomic E-state index is 12.2. The first-order valence-corrected chi connectivity index (χ1v) is 9.35. The van der Waals surface area contributed by atoms with Gasteiger partial charge in [-0.25, -0.2) is 9.79 Å². The smallest absolute Gasteiger partial charge is 0.363 e. The first-order valence-electron chi connectivity index (χ1n) is 8.56. The van der Waals surface area contributed by atoms with Crippen molar-refractivity contribution in [1.29, 1.82) is 0 Å². The second-order valence-electron chi connectivity index (χ2n) is 6.30. The summed E-state index contributed by atoms with van der Waals surface area (Å²) in [4.78, 5) is 28.4. The minimum Gasteiger partial charge on any atom is -0.493 e. The molecule has 0 aromatic heterocycles. The van der Waals surface area contributed by atoms with E-state index in [1.807, 2.05) is 18.2 Å². The van der Waals surface area contributed by atoms with Crippen molar-refractivity contribution in [2.75, 3.05) is 7.11 Å². The molecule has 1 heterocycles. The third-order valence-corrected chi connectivity index (χ3v) is 4.59. The maximum absolute atomic E-state index is 12.2. The predicted molar refractivity (Wildman–Crippen MR) is 108 cm³/mol. The molecule has 3 rings (SSSR count). The zero-order chi connectivity index (χ0) is 20.3. The maximum Gasteiger partial charge on any atom is 0.363 e. The van der Waals surface area contributed by atoms with Gasteiger partial charge in [-0.3, -0.25) is 4.79 Å². The summed E-state index contributed by atoms with van der Waals surface area (Å²) in [5.41, 5.74) is 1.45. The summed E-state index contributed by atoms with van der Waals surface area (Å²) in [6.45, 7) is 3.49. The minimum absolute atomic E-state index is 0.150. The number of esters is 2. The number of benzene rings is 2. The van der Waals surface area contributed by atoms with E-state index in [9.17, 15) is 9.59 Å². The first kappa shape index (κ1) is 19.8. The van der Waals surface area contributed by atoms with Gasteiger partial charge in [-0.05, 0) is 51.8 Å². The molecule has 0 amide bonds. The lowest BCUT2D eigenvalue weighted by molar-refractivity contribution is -0.137. The standard InChI is InChI=1S/C21H18BrNO5/c1-12(2)20(24)27-18-11-13(8-9-17(18)26-3)10-16-21(25)28-19(23-16)14-6-4-5-7-15(14)22/h4-12H,1-3H3. The third kappa shape index (κ3) is 4.31. The van der Waals surface area contributed by atoms with Crippen LogP contribution in [0.1, 0.15) is 25.0 Å². The molecule has 2 aromatic rings. The quantitative estimate of drug-likeness (QED) is 0.389. The van der Waals surface area contributed by atoms with Crippen molar-refractivity contribution in [3.63, 3.8) is 0 Å². The van der Waals surface area contributed by atoms with Gasteiger partial charge in [-0.15, -0.1) is 0 Å². The number of carbonyl (C=O) groups is 2. The number of aliphatic imine (C=N–C) groups is 1. The van der Waals surface area contributed by atoms with Gasteiger partial charge in [0.15, 0.2) is 17.2 Å². The van der Waals surface area contributed by atoms with Gasteiger partial charge >= 0.3 is 11.9 Å². The van der Waals surface area contributed by atoms with Crippen molar-refractivity contribution < 1.29 is 23.8 Å². The van der Waals surface area contributed by atoms with Crippen LogP contribution in [0, 0.1) is 5.92 Å². The largest absolute Gasteiger partial charge is 0.493 e. The first-order chi connectivity index (χ1) is 13.4. The van der Waals surface area contributed by atoms with E-state index < -0.39 is 5.97 Å². The highest BCUT2D eigenvalue weighted by Crippen LogP contribution is 2.31. The van der Waals surface area contributed by atoms with Crippen LogP contribution in [0.15, 0.2) is 57.6 Å². The summed E-state index contributed by atoms with van der Waals surface area (Å²) in [6.07, 6.45) is 1.57. The summed E-state index contributed by atoms with van der Waals surface area (Å²) in [5, 5.41) is 0. The van der Waals surface area contributed by atoms with Gasteiger partial charge in [0.05, 0.1) is 18.6 Å². The number of nitrogens with zero attached hydrogens (tertiary/aromatic N) is 1. The summed E-state index contributed by atoms with van der Waals surface area (Å²) >= 11 is 3.42. The van der Waals surface area contributed by atoms with Crippen LogP contribution in [-0.2, 0) is 14.3 Å². The number of carbonyl (C=O) groups excluding carboxylic acids is 2. The number of halogens is 1. The topological polar surface area (TPSA) is 74.2 Å². The minimum atomic E-state index is -0.553. The Hall–Kier alpha value is -2.93. The third-order valence-electron chi connectivity index (χ3n) is 3.90. The molecule has 144 valence electrons. The molecule has 1 aliphatic rings. The van der Waals surface area contributed by atoms with Crippen LogP contribution in [0.4, 0.5) is 0 Å². The van der Waals surface area contributed by atoms with Crippen molar-refractivity contribution in [3.05, 3.63) is 63.8 Å². The molecule has 0 saturated carbocycles. The molecule has 0 unspecified atom stereocenters. The van der Waals surface area contributed by atoms with Crippen LogP contribution in [0.2, 0.25) is 0 Å². The molecule has 0 spiro atoms. The van der Waals surface area contributed by atoms with E-state index in [4.69, 9.17) is 14.2 Å². The Kier molecular flexibility index (Phi) is 5.94. The van der Waals surface area contributed by atoms with Crippen molar-refractivity contribution >= 4 is 39.8 Å². The lowest BCUT2D eigenvalue weighted by atomic mass is 10.1. The summed E-state index contributed by atoms with van der Waals surface area (Å²) < 4.78 is 16.7. The Morgan fingerprint density at radius 1 is 1.18 bits per heavy atom. The molecule has 0 radical (unpaired) electrons. The highest BCUT2D eigenvalue weighted by atomic mass is 79.9. The van der Waals surface area contributed by atoms with Crippen molar-refractivity contribution in [2.45, 2.75) is 13.8 Å². The van der Waals surface area contributed by atoms with Gasteiger partial charge < -0.3 is 14.2 Å². The predicted octanol–water partition coefficient (Wildman–Crippen LogP) is 4.36. The Morgan fingerprint density at radius 3 is 2.61 bits per heavy atom. The monoisotopic (exact) mass is 443 g/mol. The average Bonchev–Trinajstić information content (AvgIpc) is 3.02. The number of ether oxygens (including phenoxy) is 3. The van der Waals surface area contributed by atoms with E-state index in [0.717, 1.165) is 4.47 Å². The van der Waals surface area contributed by atoms with E-state index >= 15 is 0 Å². The Balaban J connectivity index is 1.93. The van der Waals surface area contributed by atoms with Gasteiger partial charge in [-0.1, -0.05) is 32.0 Å². The number of methoxy groups -OCH3 is 1.